The molecule has 7 nitrogen and oxygen atoms in total. The fourth-order valence-corrected chi connectivity index (χ4v) is 4.52. The number of benzene rings is 1. The van der Waals surface area contributed by atoms with Crippen LogP contribution in [0.3, 0.4) is 0 Å². The lowest BCUT2D eigenvalue weighted by atomic mass is 10.2. The van der Waals surface area contributed by atoms with Crippen LogP contribution in [0.1, 0.15) is 17.8 Å². The van der Waals surface area contributed by atoms with Gasteiger partial charge < -0.3 is 9.80 Å². The predicted molar refractivity (Wildman–Crippen MR) is 95.3 cm³/mol. The van der Waals surface area contributed by atoms with E-state index >= 15 is 0 Å². The number of nitrogens with zero attached hydrogens (tertiary/aromatic N) is 5. The van der Waals surface area contributed by atoms with Gasteiger partial charge in [-0.1, -0.05) is 12.1 Å². The molecular weight excluding hydrogens is 338 g/mol. The van der Waals surface area contributed by atoms with Gasteiger partial charge in [-0.05, 0) is 31.5 Å². The number of aryl methyl sites for hydroxylation is 1. The van der Waals surface area contributed by atoms with Gasteiger partial charge in [0.05, 0.1) is 0 Å². The highest BCUT2D eigenvalue weighted by Crippen LogP contribution is 2.28. The van der Waals surface area contributed by atoms with Gasteiger partial charge >= 0.3 is 0 Å². The molecule has 0 amide bonds. The summed E-state index contributed by atoms with van der Waals surface area (Å²) < 4.78 is 28.6. The molecule has 0 spiro atoms. The van der Waals surface area contributed by atoms with Crippen molar-refractivity contribution in [1.82, 2.24) is 14.9 Å². The van der Waals surface area contributed by atoms with Crippen LogP contribution in [0.2, 0.25) is 0 Å². The second kappa shape index (κ2) is 6.11. The predicted octanol–water partition coefficient (Wildman–Crippen LogP) is 1.45. The number of anilines is 1. The van der Waals surface area contributed by atoms with Crippen LogP contribution < -0.4 is 4.90 Å². The quantitative estimate of drug-likeness (QED) is 0.769. The lowest BCUT2D eigenvalue weighted by Gasteiger charge is -2.24. The third-order valence-corrected chi connectivity index (χ3v) is 5.82. The summed E-state index contributed by atoms with van der Waals surface area (Å²) in [4.78, 5) is 13.2. The zero-order chi connectivity index (χ0) is 17.4. The number of fused-ring (bicyclic) bond motifs is 1. The molecule has 8 heteroatoms. The number of amidine groups is 1. The Hall–Kier alpha value is -2.48. The minimum Gasteiger partial charge on any atom is -0.355 e. The van der Waals surface area contributed by atoms with Crippen LogP contribution in [0.25, 0.3) is 0 Å². The molecule has 1 aromatic heterocycles. The van der Waals surface area contributed by atoms with E-state index in [9.17, 15) is 8.42 Å². The number of aromatic nitrogens is 2. The van der Waals surface area contributed by atoms with Crippen LogP contribution in [-0.4, -0.2) is 55.3 Å². The highest BCUT2D eigenvalue weighted by Gasteiger charge is 2.32. The maximum absolute atomic E-state index is 12.3. The van der Waals surface area contributed by atoms with Crippen LogP contribution in [-0.2, 0) is 10.0 Å². The average Bonchev–Trinajstić information content (AvgIpc) is 2.77. The van der Waals surface area contributed by atoms with E-state index in [2.05, 4.69) is 24.2 Å². The SMILES string of the molecule is Cc1nccc(N2CCCN(C3=NS(=O)(=O)c4ccccc43)CC2)n1. The summed E-state index contributed by atoms with van der Waals surface area (Å²) in [5.74, 6) is 2.23. The number of rotatable bonds is 1. The zero-order valence-corrected chi connectivity index (χ0v) is 14.8. The fourth-order valence-electron chi connectivity index (χ4n) is 3.29. The summed E-state index contributed by atoms with van der Waals surface area (Å²) in [6.45, 7) is 4.98. The van der Waals surface area contributed by atoms with E-state index in [4.69, 9.17) is 0 Å². The molecule has 1 fully saturated rings. The van der Waals surface area contributed by atoms with Crippen molar-refractivity contribution in [1.29, 1.82) is 0 Å². The van der Waals surface area contributed by atoms with Crippen LogP contribution in [0.5, 0.6) is 0 Å². The summed E-state index contributed by atoms with van der Waals surface area (Å²) in [6.07, 6.45) is 2.68. The second-order valence-corrected chi connectivity index (χ2v) is 7.75. The number of hydrogen-bond donors (Lipinski definition) is 0. The molecule has 0 radical (unpaired) electrons. The molecular formula is C17H19N5O2S. The van der Waals surface area contributed by atoms with Gasteiger partial charge in [0.15, 0.2) is 5.84 Å². The summed E-state index contributed by atoms with van der Waals surface area (Å²) >= 11 is 0. The third kappa shape index (κ3) is 2.97. The first-order chi connectivity index (χ1) is 12.0. The number of sulfonamides is 1. The molecule has 2 aliphatic rings. The van der Waals surface area contributed by atoms with Gasteiger partial charge in [0, 0.05) is 37.9 Å². The Bertz CT molecular complexity index is 942. The second-order valence-electron chi connectivity index (χ2n) is 6.18. The molecule has 0 N–H and O–H groups in total. The van der Waals surface area contributed by atoms with Crippen molar-refractivity contribution in [3.63, 3.8) is 0 Å². The molecule has 3 heterocycles. The maximum Gasteiger partial charge on any atom is 0.285 e. The Labute approximate surface area is 147 Å². The van der Waals surface area contributed by atoms with Crippen molar-refractivity contribution < 1.29 is 8.42 Å². The first-order valence-electron chi connectivity index (χ1n) is 8.28. The van der Waals surface area contributed by atoms with E-state index in [-0.39, 0.29) is 0 Å². The van der Waals surface area contributed by atoms with Crippen molar-refractivity contribution in [2.75, 3.05) is 31.1 Å². The van der Waals surface area contributed by atoms with Crippen molar-refractivity contribution in [3.05, 3.63) is 47.9 Å². The van der Waals surface area contributed by atoms with E-state index < -0.39 is 10.0 Å². The molecule has 4 rings (SSSR count). The van der Waals surface area contributed by atoms with Gasteiger partial charge in [-0.25, -0.2) is 9.97 Å². The highest BCUT2D eigenvalue weighted by molar-refractivity contribution is 7.90. The largest absolute Gasteiger partial charge is 0.355 e. The molecule has 130 valence electrons. The molecule has 1 aromatic carbocycles. The van der Waals surface area contributed by atoms with E-state index in [0.717, 1.165) is 37.7 Å². The molecule has 0 bridgehead atoms. The van der Waals surface area contributed by atoms with Gasteiger partial charge in [0.1, 0.15) is 16.5 Å². The van der Waals surface area contributed by atoms with Crippen LogP contribution in [0.15, 0.2) is 45.8 Å². The fraction of sp³-hybridized carbons (Fsp3) is 0.353. The monoisotopic (exact) mass is 357 g/mol. The maximum atomic E-state index is 12.3. The Morgan fingerprint density at radius 1 is 1.00 bits per heavy atom. The lowest BCUT2D eigenvalue weighted by molar-refractivity contribution is 0.449. The summed E-state index contributed by atoms with van der Waals surface area (Å²) in [5.41, 5.74) is 0.703. The van der Waals surface area contributed by atoms with Gasteiger partial charge in [-0.15, -0.1) is 4.40 Å². The smallest absolute Gasteiger partial charge is 0.285 e. The van der Waals surface area contributed by atoms with Crippen LogP contribution in [0.4, 0.5) is 5.82 Å². The van der Waals surface area contributed by atoms with Crippen LogP contribution >= 0.6 is 0 Å². The Morgan fingerprint density at radius 2 is 1.76 bits per heavy atom. The standard InChI is InChI=1S/C17H19N5O2S/c1-13-18-8-7-16(19-13)21-9-4-10-22(12-11-21)17-14-5-2-3-6-15(14)25(23,24)20-17/h2-3,5-8H,4,9-12H2,1H3. The van der Waals surface area contributed by atoms with Crippen molar-refractivity contribution in [2.45, 2.75) is 18.2 Å². The number of hydrogen-bond acceptors (Lipinski definition) is 6. The van der Waals surface area contributed by atoms with E-state index in [1.165, 1.54) is 0 Å². The molecule has 0 aliphatic carbocycles. The highest BCUT2D eigenvalue weighted by atomic mass is 32.2. The average molecular weight is 357 g/mol. The first-order valence-corrected chi connectivity index (χ1v) is 9.72. The Morgan fingerprint density at radius 3 is 2.60 bits per heavy atom. The van der Waals surface area contributed by atoms with E-state index in [0.29, 0.717) is 22.8 Å². The summed E-state index contributed by atoms with van der Waals surface area (Å²) in [5, 5.41) is 0. The molecule has 1 saturated heterocycles. The zero-order valence-electron chi connectivity index (χ0n) is 14.0. The minimum absolute atomic E-state index is 0.303. The van der Waals surface area contributed by atoms with Gasteiger partial charge in [0.25, 0.3) is 10.0 Å². The molecule has 0 atom stereocenters. The normalized spacial score (nSPS) is 19.3. The lowest BCUT2D eigenvalue weighted by Crippen LogP contribution is -2.35. The Balaban J connectivity index is 1.58. The van der Waals surface area contributed by atoms with Gasteiger partial charge in [-0.2, -0.15) is 8.42 Å². The van der Waals surface area contributed by atoms with E-state index in [1.807, 2.05) is 25.1 Å². The Kier molecular flexibility index (Phi) is 3.91. The molecule has 0 unspecified atom stereocenters. The van der Waals surface area contributed by atoms with Gasteiger partial charge in [-0.3, -0.25) is 0 Å². The summed E-state index contributed by atoms with van der Waals surface area (Å²) in [7, 11) is -3.58. The molecule has 25 heavy (non-hydrogen) atoms. The first kappa shape index (κ1) is 16.0. The van der Waals surface area contributed by atoms with Crippen molar-refractivity contribution in [2.24, 2.45) is 4.40 Å². The molecule has 2 aliphatic heterocycles. The third-order valence-electron chi connectivity index (χ3n) is 4.49. The van der Waals surface area contributed by atoms with Crippen LogP contribution in [0, 0.1) is 6.92 Å². The minimum atomic E-state index is -3.58. The van der Waals surface area contributed by atoms with E-state index in [1.54, 1.807) is 18.3 Å². The topological polar surface area (TPSA) is 78.8 Å². The van der Waals surface area contributed by atoms with Crippen molar-refractivity contribution in [3.8, 4) is 0 Å². The van der Waals surface area contributed by atoms with Crippen molar-refractivity contribution >= 4 is 21.7 Å². The molecule has 2 aromatic rings. The molecule has 0 saturated carbocycles. The van der Waals surface area contributed by atoms with Gasteiger partial charge in [0.2, 0.25) is 0 Å². The summed E-state index contributed by atoms with van der Waals surface area (Å²) in [6, 6.07) is 8.94.